The minimum Gasteiger partial charge on any atom is -0.381 e. The number of nitrogen functional groups attached to an aromatic ring is 1. The highest BCUT2D eigenvalue weighted by atomic mass is 35.5. The van der Waals surface area contributed by atoms with Crippen molar-refractivity contribution in [3.63, 3.8) is 0 Å². The Morgan fingerprint density at radius 2 is 1.93 bits per heavy atom. The molecule has 0 aliphatic rings. The van der Waals surface area contributed by atoms with Crippen LogP contribution in [-0.4, -0.2) is 9.55 Å². The molecule has 0 saturated heterocycles. The Morgan fingerprint density at radius 1 is 1.29 bits per heavy atom. The third-order valence-electron chi connectivity index (χ3n) is 2.03. The summed E-state index contributed by atoms with van der Waals surface area (Å²) in [5.41, 5.74) is 6.59. The van der Waals surface area contributed by atoms with Crippen molar-refractivity contribution in [3.05, 3.63) is 41.3 Å². The van der Waals surface area contributed by atoms with Gasteiger partial charge in [0.05, 0.1) is 0 Å². The monoisotopic (exact) mass is 207 g/mol. The molecule has 0 radical (unpaired) electrons. The van der Waals surface area contributed by atoms with Gasteiger partial charge in [0.15, 0.2) is 11.0 Å². The minimum absolute atomic E-state index is 0.369. The van der Waals surface area contributed by atoms with E-state index in [0.29, 0.717) is 11.0 Å². The summed E-state index contributed by atoms with van der Waals surface area (Å²) >= 11 is 6.02. The van der Waals surface area contributed by atoms with Gasteiger partial charge in [-0.25, -0.2) is 4.98 Å². The highest BCUT2D eigenvalue weighted by Gasteiger charge is 2.10. The molecular weight excluding hydrogens is 198 g/mol. The van der Waals surface area contributed by atoms with Crippen LogP contribution in [0.25, 0.3) is 5.69 Å². The highest BCUT2D eigenvalue weighted by Crippen LogP contribution is 2.23. The Kier molecular flexibility index (Phi) is 2.17. The van der Waals surface area contributed by atoms with E-state index in [2.05, 4.69) is 4.98 Å². The number of halogens is 1. The van der Waals surface area contributed by atoms with Crippen LogP contribution >= 0.6 is 11.6 Å². The van der Waals surface area contributed by atoms with E-state index in [-0.39, 0.29) is 0 Å². The lowest BCUT2D eigenvalue weighted by molar-refractivity contribution is 0.975. The van der Waals surface area contributed by atoms with E-state index < -0.39 is 0 Å². The topological polar surface area (TPSA) is 43.8 Å². The molecule has 0 aliphatic carbocycles. The Hall–Kier alpha value is -1.48. The lowest BCUT2D eigenvalue weighted by atomic mass is 10.3. The van der Waals surface area contributed by atoms with Gasteiger partial charge in [0, 0.05) is 5.69 Å². The first kappa shape index (κ1) is 9.09. The molecule has 4 heteroatoms. The predicted octanol–water partition coefficient (Wildman–Crippen LogP) is 2.42. The quantitative estimate of drug-likeness (QED) is 0.781. The largest absolute Gasteiger partial charge is 0.381 e. The summed E-state index contributed by atoms with van der Waals surface area (Å²) < 4.78 is 1.82. The van der Waals surface area contributed by atoms with Gasteiger partial charge >= 0.3 is 0 Å². The van der Waals surface area contributed by atoms with Crippen molar-refractivity contribution in [2.24, 2.45) is 0 Å². The van der Waals surface area contributed by atoms with Crippen LogP contribution in [0.4, 0.5) is 5.82 Å². The molecule has 0 bridgehead atoms. The molecule has 3 nitrogen and oxygen atoms in total. The molecule has 2 rings (SSSR count). The number of para-hydroxylation sites is 1. The van der Waals surface area contributed by atoms with Gasteiger partial charge in [0.25, 0.3) is 0 Å². The lowest BCUT2D eigenvalue weighted by Gasteiger charge is -2.05. The van der Waals surface area contributed by atoms with Gasteiger partial charge in [0.2, 0.25) is 0 Å². The number of hydrogen-bond donors (Lipinski definition) is 1. The van der Waals surface area contributed by atoms with E-state index in [1.807, 2.05) is 41.8 Å². The zero-order chi connectivity index (χ0) is 10.1. The summed E-state index contributed by atoms with van der Waals surface area (Å²) in [6.45, 7) is 1.87. The normalized spacial score (nSPS) is 10.4. The number of aryl methyl sites for hydroxylation is 1. The van der Waals surface area contributed by atoms with E-state index in [9.17, 15) is 0 Å². The molecule has 0 saturated carbocycles. The first-order chi connectivity index (χ1) is 6.70. The van der Waals surface area contributed by atoms with Crippen LogP contribution < -0.4 is 5.73 Å². The maximum Gasteiger partial charge on any atom is 0.161 e. The molecular formula is C10H10ClN3. The van der Waals surface area contributed by atoms with E-state index in [4.69, 9.17) is 17.3 Å². The van der Waals surface area contributed by atoms with Crippen LogP contribution in [0.3, 0.4) is 0 Å². The third-order valence-corrected chi connectivity index (χ3v) is 2.39. The fourth-order valence-corrected chi connectivity index (χ4v) is 1.67. The van der Waals surface area contributed by atoms with Gasteiger partial charge in [-0.3, -0.25) is 4.57 Å². The SMILES string of the molecule is Cc1nc(N)c(Cl)n1-c1ccccc1. The maximum atomic E-state index is 6.02. The van der Waals surface area contributed by atoms with Gasteiger partial charge < -0.3 is 5.73 Å². The van der Waals surface area contributed by atoms with Crippen molar-refractivity contribution in [3.8, 4) is 5.69 Å². The van der Waals surface area contributed by atoms with Gasteiger partial charge in [-0.1, -0.05) is 29.8 Å². The van der Waals surface area contributed by atoms with Crippen molar-refractivity contribution in [1.29, 1.82) is 0 Å². The van der Waals surface area contributed by atoms with Crippen LogP contribution in [0, 0.1) is 6.92 Å². The molecule has 0 unspecified atom stereocenters. The minimum atomic E-state index is 0.369. The number of aromatic nitrogens is 2. The Morgan fingerprint density at radius 3 is 2.43 bits per heavy atom. The van der Waals surface area contributed by atoms with Crippen LogP contribution in [-0.2, 0) is 0 Å². The molecule has 0 aliphatic heterocycles. The van der Waals surface area contributed by atoms with Gasteiger partial charge in [-0.05, 0) is 19.1 Å². The smallest absolute Gasteiger partial charge is 0.161 e. The Balaban J connectivity index is 2.62. The lowest BCUT2D eigenvalue weighted by Crippen LogP contribution is -1.96. The average Bonchev–Trinajstić information content (AvgIpc) is 2.43. The number of imidazole rings is 1. The molecule has 0 spiro atoms. The van der Waals surface area contributed by atoms with E-state index >= 15 is 0 Å². The molecule has 72 valence electrons. The molecule has 0 atom stereocenters. The van der Waals surface area contributed by atoms with Crippen molar-refractivity contribution >= 4 is 17.4 Å². The fourth-order valence-electron chi connectivity index (χ4n) is 1.40. The summed E-state index contributed by atoms with van der Waals surface area (Å²) in [6, 6.07) is 9.76. The molecule has 1 aromatic carbocycles. The Labute approximate surface area is 87.1 Å². The summed E-state index contributed by atoms with van der Waals surface area (Å²) in [5, 5.41) is 0.466. The molecule has 14 heavy (non-hydrogen) atoms. The first-order valence-corrected chi connectivity index (χ1v) is 4.63. The van der Waals surface area contributed by atoms with Crippen LogP contribution in [0.5, 0.6) is 0 Å². The van der Waals surface area contributed by atoms with Crippen molar-refractivity contribution in [2.75, 3.05) is 5.73 Å². The number of rotatable bonds is 1. The third kappa shape index (κ3) is 1.36. The average molecular weight is 208 g/mol. The maximum absolute atomic E-state index is 6.02. The number of nitrogens with two attached hydrogens (primary N) is 1. The van der Waals surface area contributed by atoms with E-state index in [0.717, 1.165) is 11.5 Å². The summed E-state index contributed by atoms with van der Waals surface area (Å²) in [5.74, 6) is 1.16. The van der Waals surface area contributed by atoms with Crippen molar-refractivity contribution in [2.45, 2.75) is 6.92 Å². The Bertz CT molecular complexity index is 448. The fraction of sp³-hybridized carbons (Fsp3) is 0.100. The second kappa shape index (κ2) is 3.35. The first-order valence-electron chi connectivity index (χ1n) is 4.26. The summed E-state index contributed by atoms with van der Waals surface area (Å²) in [7, 11) is 0. The van der Waals surface area contributed by atoms with E-state index in [1.165, 1.54) is 0 Å². The number of benzene rings is 1. The van der Waals surface area contributed by atoms with Crippen molar-refractivity contribution in [1.82, 2.24) is 9.55 Å². The zero-order valence-corrected chi connectivity index (χ0v) is 8.49. The van der Waals surface area contributed by atoms with Gasteiger partial charge in [-0.15, -0.1) is 0 Å². The highest BCUT2D eigenvalue weighted by molar-refractivity contribution is 6.32. The zero-order valence-electron chi connectivity index (χ0n) is 7.74. The number of hydrogen-bond acceptors (Lipinski definition) is 2. The van der Waals surface area contributed by atoms with Gasteiger partial charge in [-0.2, -0.15) is 0 Å². The van der Waals surface area contributed by atoms with Crippen LogP contribution in [0.15, 0.2) is 30.3 Å². The summed E-state index contributed by atoms with van der Waals surface area (Å²) in [4.78, 5) is 4.10. The molecule has 0 amide bonds. The van der Waals surface area contributed by atoms with Gasteiger partial charge in [0.1, 0.15) is 5.82 Å². The van der Waals surface area contributed by atoms with Crippen LogP contribution in [0.1, 0.15) is 5.82 Å². The molecule has 0 fully saturated rings. The van der Waals surface area contributed by atoms with E-state index in [1.54, 1.807) is 0 Å². The molecule has 1 aromatic heterocycles. The summed E-state index contributed by atoms with van der Waals surface area (Å²) in [6.07, 6.45) is 0. The molecule has 2 N–H and O–H groups in total. The van der Waals surface area contributed by atoms with Crippen molar-refractivity contribution < 1.29 is 0 Å². The predicted molar refractivity (Wildman–Crippen MR) is 57.7 cm³/mol. The second-order valence-corrected chi connectivity index (χ2v) is 3.36. The number of anilines is 1. The second-order valence-electron chi connectivity index (χ2n) is 3.01. The molecule has 1 heterocycles. The standard InChI is InChI=1S/C10H10ClN3/c1-7-13-10(12)9(11)14(7)8-5-3-2-4-6-8/h2-6H,12H2,1H3. The molecule has 2 aromatic rings. The van der Waals surface area contributed by atoms with Crippen LogP contribution in [0.2, 0.25) is 5.15 Å². The number of nitrogens with zero attached hydrogens (tertiary/aromatic N) is 2.